The Morgan fingerprint density at radius 2 is 2.00 bits per heavy atom. The Hall–Kier alpha value is -0.820. The molecule has 2 unspecified atom stereocenters. The summed E-state index contributed by atoms with van der Waals surface area (Å²) in [5.74, 6) is 7.54. The van der Waals surface area contributed by atoms with Crippen LogP contribution in [0.25, 0.3) is 0 Å². The summed E-state index contributed by atoms with van der Waals surface area (Å²) in [6, 6.07) is 4.17. The lowest BCUT2D eigenvalue weighted by atomic mass is 9.82. The van der Waals surface area contributed by atoms with Gasteiger partial charge in [-0.3, -0.25) is 0 Å². The average molecular weight is 277 g/mol. The molecule has 1 aliphatic rings. The molecular formula is C16H23NOS. The largest absolute Gasteiger partial charge is 0.373 e. The quantitative estimate of drug-likeness (QED) is 0.859. The summed E-state index contributed by atoms with van der Waals surface area (Å²) >= 11 is 1.71. The molecule has 0 spiro atoms. The van der Waals surface area contributed by atoms with Gasteiger partial charge in [0, 0.05) is 4.88 Å². The zero-order valence-electron chi connectivity index (χ0n) is 11.8. The van der Waals surface area contributed by atoms with Gasteiger partial charge in [0.15, 0.2) is 0 Å². The number of hydrogen-bond acceptors (Lipinski definition) is 3. The highest BCUT2D eigenvalue weighted by Crippen LogP contribution is 2.31. The smallest absolute Gasteiger partial charge is 0.0813 e. The van der Waals surface area contributed by atoms with Crippen LogP contribution in [0.4, 0.5) is 0 Å². The van der Waals surface area contributed by atoms with Gasteiger partial charge in [0.1, 0.15) is 0 Å². The molecule has 0 radical (unpaired) electrons. The van der Waals surface area contributed by atoms with Gasteiger partial charge in [0.05, 0.1) is 24.1 Å². The second-order valence-corrected chi connectivity index (χ2v) is 6.79. The molecular weight excluding hydrogens is 254 g/mol. The number of hydrogen-bond donors (Lipinski definition) is 1. The van der Waals surface area contributed by atoms with Crippen LogP contribution in [-0.2, 0) is 11.3 Å². The van der Waals surface area contributed by atoms with Crippen molar-refractivity contribution in [1.29, 1.82) is 0 Å². The Morgan fingerprint density at radius 1 is 1.26 bits per heavy atom. The molecule has 19 heavy (non-hydrogen) atoms. The van der Waals surface area contributed by atoms with Gasteiger partial charge in [0.2, 0.25) is 0 Å². The highest BCUT2D eigenvalue weighted by molar-refractivity contribution is 7.12. The van der Waals surface area contributed by atoms with E-state index >= 15 is 0 Å². The summed E-state index contributed by atoms with van der Waals surface area (Å²) in [6.07, 6.45) is 4.18. The van der Waals surface area contributed by atoms with Crippen LogP contribution in [0.2, 0.25) is 0 Å². The van der Waals surface area contributed by atoms with Crippen molar-refractivity contribution < 1.29 is 4.74 Å². The summed E-state index contributed by atoms with van der Waals surface area (Å²) in [5, 5.41) is 0. The molecule has 1 aromatic rings. The maximum absolute atomic E-state index is 6.07. The molecule has 0 saturated heterocycles. The van der Waals surface area contributed by atoms with E-state index in [9.17, 15) is 0 Å². The molecule has 1 aromatic heterocycles. The lowest BCUT2D eigenvalue weighted by Crippen LogP contribution is -2.26. The van der Waals surface area contributed by atoms with Crippen LogP contribution in [-0.4, -0.2) is 12.6 Å². The van der Waals surface area contributed by atoms with Crippen LogP contribution in [0, 0.1) is 23.7 Å². The van der Waals surface area contributed by atoms with Crippen LogP contribution in [0.3, 0.4) is 0 Å². The molecule has 0 aromatic carbocycles. The average Bonchev–Trinajstić information content (AvgIpc) is 2.81. The SMILES string of the molecule is CC1CC(C)CC(OCc2ccc(C#CCN)s2)C1. The van der Waals surface area contributed by atoms with Gasteiger partial charge in [-0.05, 0) is 43.2 Å². The molecule has 1 fully saturated rings. The normalized spacial score (nSPS) is 26.8. The monoisotopic (exact) mass is 277 g/mol. The van der Waals surface area contributed by atoms with Crippen LogP contribution < -0.4 is 5.73 Å². The fourth-order valence-corrected chi connectivity index (χ4v) is 3.67. The van der Waals surface area contributed by atoms with Crippen LogP contribution >= 0.6 is 11.3 Å². The van der Waals surface area contributed by atoms with Crippen LogP contribution in [0.5, 0.6) is 0 Å². The molecule has 2 rings (SSSR count). The first-order valence-corrected chi connectivity index (χ1v) is 7.88. The van der Waals surface area contributed by atoms with E-state index in [0.717, 1.165) is 23.3 Å². The van der Waals surface area contributed by atoms with Gasteiger partial charge >= 0.3 is 0 Å². The summed E-state index contributed by atoms with van der Waals surface area (Å²) < 4.78 is 6.07. The van der Waals surface area contributed by atoms with Crippen molar-refractivity contribution in [3.05, 3.63) is 21.9 Å². The molecule has 1 heterocycles. The predicted octanol–water partition coefficient (Wildman–Crippen LogP) is 3.40. The number of rotatable bonds is 3. The second-order valence-electron chi connectivity index (χ2n) is 5.62. The zero-order valence-corrected chi connectivity index (χ0v) is 12.6. The Labute approximate surface area is 120 Å². The van der Waals surface area contributed by atoms with Crippen molar-refractivity contribution in [2.45, 2.75) is 45.8 Å². The zero-order chi connectivity index (χ0) is 13.7. The number of thiophene rings is 1. The van der Waals surface area contributed by atoms with E-state index in [4.69, 9.17) is 10.5 Å². The molecule has 0 bridgehead atoms. The predicted molar refractivity (Wildman–Crippen MR) is 81.0 cm³/mol. The van der Waals surface area contributed by atoms with E-state index in [1.807, 2.05) is 0 Å². The molecule has 0 amide bonds. The topological polar surface area (TPSA) is 35.2 Å². The van der Waals surface area contributed by atoms with E-state index < -0.39 is 0 Å². The van der Waals surface area contributed by atoms with Crippen molar-refractivity contribution in [2.24, 2.45) is 17.6 Å². The van der Waals surface area contributed by atoms with Crippen LogP contribution in [0.1, 0.15) is 42.9 Å². The van der Waals surface area contributed by atoms with Gasteiger partial charge in [-0.15, -0.1) is 11.3 Å². The van der Waals surface area contributed by atoms with Gasteiger partial charge in [0.25, 0.3) is 0 Å². The molecule has 2 nitrogen and oxygen atoms in total. The summed E-state index contributed by atoms with van der Waals surface area (Å²) in [6.45, 7) is 5.80. The first-order valence-electron chi connectivity index (χ1n) is 7.06. The Balaban J connectivity index is 1.83. The van der Waals surface area contributed by atoms with Gasteiger partial charge in [-0.2, -0.15) is 0 Å². The Bertz CT molecular complexity index is 447. The Kier molecular flexibility index (Phi) is 5.45. The molecule has 3 heteroatoms. The summed E-state index contributed by atoms with van der Waals surface area (Å²) in [7, 11) is 0. The van der Waals surface area contributed by atoms with Crippen LogP contribution in [0.15, 0.2) is 12.1 Å². The third-order valence-electron chi connectivity index (χ3n) is 3.57. The highest BCUT2D eigenvalue weighted by atomic mass is 32.1. The van der Waals surface area contributed by atoms with E-state index in [-0.39, 0.29) is 0 Å². The standard InChI is InChI=1S/C16H23NOS/c1-12-8-13(2)10-14(9-12)18-11-16-6-5-15(19-16)4-3-7-17/h5-6,12-14H,7-11,17H2,1-2H3. The summed E-state index contributed by atoms with van der Waals surface area (Å²) in [4.78, 5) is 2.33. The number of nitrogens with two attached hydrogens (primary N) is 1. The van der Waals surface area contributed by atoms with Crippen molar-refractivity contribution in [3.8, 4) is 11.8 Å². The van der Waals surface area contributed by atoms with Crippen molar-refractivity contribution in [3.63, 3.8) is 0 Å². The maximum Gasteiger partial charge on any atom is 0.0813 e. The lowest BCUT2D eigenvalue weighted by Gasteiger charge is -2.31. The Morgan fingerprint density at radius 3 is 2.68 bits per heavy atom. The second kappa shape index (κ2) is 7.09. The maximum atomic E-state index is 6.07. The molecule has 104 valence electrons. The van der Waals surface area contributed by atoms with Crippen molar-refractivity contribution in [1.82, 2.24) is 0 Å². The number of ether oxygens (including phenoxy) is 1. The minimum absolute atomic E-state index is 0.418. The first-order chi connectivity index (χ1) is 9.17. The molecule has 2 N–H and O–H groups in total. The van der Waals surface area contributed by atoms with E-state index in [1.54, 1.807) is 11.3 Å². The first kappa shape index (κ1) is 14.6. The third-order valence-corrected chi connectivity index (χ3v) is 4.55. The minimum atomic E-state index is 0.418. The van der Waals surface area contributed by atoms with Crippen molar-refractivity contribution >= 4 is 11.3 Å². The van der Waals surface area contributed by atoms with Gasteiger partial charge < -0.3 is 10.5 Å². The van der Waals surface area contributed by atoms with E-state index in [0.29, 0.717) is 12.6 Å². The van der Waals surface area contributed by atoms with Crippen molar-refractivity contribution in [2.75, 3.05) is 6.54 Å². The van der Waals surface area contributed by atoms with Gasteiger partial charge in [-0.1, -0.05) is 25.7 Å². The molecule has 1 aliphatic carbocycles. The fraction of sp³-hybridized carbons (Fsp3) is 0.625. The molecule has 1 saturated carbocycles. The third kappa shape index (κ3) is 4.65. The molecule has 2 atom stereocenters. The summed E-state index contributed by atoms with van der Waals surface area (Å²) in [5.41, 5.74) is 5.37. The lowest BCUT2D eigenvalue weighted by molar-refractivity contribution is -0.00803. The van der Waals surface area contributed by atoms with Gasteiger partial charge in [-0.25, -0.2) is 0 Å². The highest BCUT2D eigenvalue weighted by Gasteiger charge is 2.24. The van der Waals surface area contributed by atoms with E-state index in [1.165, 1.54) is 24.1 Å². The van der Waals surface area contributed by atoms with E-state index in [2.05, 4.69) is 37.8 Å². The molecule has 0 aliphatic heterocycles. The minimum Gasteiger partial charge on any atom is -0.373 e. The fourth-order valence-electron chi connectivity index (χ4n) is 2.87.